The summed E-state index contributed by atoms with van der Waals surface area (Å²) in [6.45, 7) is 5.63. The molecule has 168 valence electrons. The molecule has 3 aromatic rings. The molecule has 0 fully saturated rings. The molecule has 0 atom stereocenters. The lowest BCUT2D eigenvalue weighted by Gasteiger charge is -2.21. The number of aromatic nitrogens is 1. The van der Waals surface area contributed by atoms with Gasteiger partial charge in [-0.15, -0.1) is 11.3 Å². The predicted octanol–water partition coefficient (Wildman–Crippen LogP) is 5.33. The van der Waals surface area contributed by atoms with Gasteiger partial charge < -0.3 is 19.5 Å². The van der Waals surface area contributed by atoms with Crippen LogP contribution in [0.15, 0.2) is 53.4 Å². The van der Waals surface area contributed by atoms with Crippen LogP contribution in [0.3, 0.4) is 0 Å². The van der Waals surface area contributed by atoms with E-state index in [-0.39, 0.29) is 5.91 Å². The molecule has 0 aliphatic rings. The number of hydrogen-bond acceptors (Lipinski definition) is 7. The number of benzene rings is 2. The summed E-state index contributed by atoms with van der Waals surface area (Å²) in [6.07, 6.45) is -0.629. The van der Waals surface area contributed by atoms with Crippen LogP contribution in [0.4, 0.5) is 16.2 Å². The normalized spacial score (nSPS) is 10.9. The van der Waals surface area contributed by atoms with E-state index in [4.69, 9.17) is 14.2 Å². The van der Waals surface area contributed by atoms with Gasteiger partial charge in [0.05, 0.1) is 29.7 Å². The molecule has 32 heavy (non-hydrogen) atoms. The van der Waals surface area contributed by atoms with Crippen LogP contribution in [0.1, 0.15) is 36.8 Å². The Kier molecular flexibility index (Phi) is 7.32. The Morgan fingerprint density at radius 2 is 1.84 bits per heavy atom. The van der Waals surface area contributed by atoms with E-state index in [1.165, 1.54) is 18.4 Å². The van der Waals surface area contributed by atoms with Crippen molar-refractivity contribution in [1.82, 2.24) is 4.98 Å². The van der Waals surface area contributed by atoms with Crippen LogP contribution in [0, 0.1) is 0 Å². The second-order valence-electron chi connectivity index (χ2n) is 7.79. The minimum absolute atomic E-state index is 0.314. The highest BCUT2D eigenvalue weighted by Crippen LogP contribution is 2.28. The maximum Gasteiger partial charge on any atom is 0.412 e. The number of hydrogen-bond donors (Lipinski definition) is 2. The minimum atomic E-state index is -0.654. The lowest BCUT2D eigenvalue weighted by Crippen LogP contribution is -2.27. The van der Waals surface area contributed by atoms with Gasteiger partial charge in [0.15, 0.2) is 0 Å². The zero-order chi connectivity index (χ0) is 23.1. The zero-order valence-electron chi connectivity index (χ0n) is 18.3. The van der Waals surface area contributed by atoms with Gasteiger partial charge in [0.25, 0.3) is 5.91 Å². The van der Waals surface area contributed by atoms with Crippen molar-refractivity contribution < 1.29 is 23.8 Å². The molecular formula is C23H25N3O5S. The summed E-state index contributed by atoms with van der Waals surface area (Å²) in [4.78, 5) is 29.3. The van der Waals surface area contributed by atoms with Crippen molar-refractivity contribution >= 4 is 34.7 Å². The number of ether oxygens (including phenoxy) is 3. The summed E-state index contributed by atoms with van der Waals surface area (Å²) >= 11 is 1.49. The summed E-state index contributed by atoms with van der Waals surface area (Å²) in [6, 6.07) is 11.7. The topological polar surface area (TPSA) is 98.8 Å². The Morgan fingerprint density at radius 1 is 1.03 bits per heavy atom. The third kappa shape index (κ3) is 6.71. The molecule has 0 radical (unpaired) electrons. The van der Waals surface area contributed by atoms with Crippen molar-refractivity contribution in [3.8, 4) is 11.5 Å². The largest absolute Gasteiger partial charge is 0.497 e. The number of methoxy groups -OCH3 is 1. The van der Waals surface area contributed by atoms with E-state index in [1.54, 1.807) is 68.7 Å². The van der Waals surface area contributed by atoms with Crippen molar-refractivity contribution in [2.24, 2.45) is 0 Å². The van der Waals surface area contributed by atoms with Gasteiger partial charge in [0.1, 0.15) is 23.7 Å². The van der Waals surface area contributed by atoms with Gasteiger partial charge in [-0.3, -0.25) is 10.1 Å². The Hall–Kier alpha value is -3.59. The SMILES string of the molecule is COc1ccc(NC(=O)OC(C)(C)C)c(NC(=O)c2cccc(OCc3cscn3)c2)c1. The van der Waals surface area contributed by atoms with E-state index in [0.717, 1.165) is 5.69 Å². The van der Waals surface area contributed by atoms with E-state index < -0.39 is 11.7 Å². The Bertz CT molecular complexity index is 1080. The van der Waals surface area contributed by atoms with Crippen molar-refractivity contribution in [2.45, 2.75) is 33.0 Å². The molecule has 0 bridgehead atoms. The maximum atomic E-state index is 12.9. The molecule has 0 aliphatic carbocycles. The lowest BCUT2D eigenvalue weighted by molar-refractivity contribution is 0.0635. The molecule has 0 saturated heterocycles. The smallest absolute Gasteiger partial charge is 0.412 e. The molecular weight excluding hydrogens is 430 g/mol. The van der Waals surface area contributed by atoms with Crippen LogP contribution in [-0.4, -0.2) is 29.7 Å². The fourth-order valence-corrected chi connectivity index (χ4v) is 3.21. The molecule has 0 spiro atoms. The molecule has 2 aromatic carbocycles. The van der Waals surface area contributed by atoms with Crippen molar-refractivity contribution in [2.75, 3.05) is 17.7 Å². The van der Waals surface area contributed by atoms with Gasteiger partial charge in [0, 0.05) is 17.0 Å². The van der Waals surface area contributed by atoms with Gasteiger partial charge in [-0.2, -0.15) is 0 Å². The molecule has 1 aromatic heterocycles. The summed E-state index contributed by atoms with van der Waals surface area (Å²) < 4.78 is 16.3. The standard InChI is InChI=1S/C23H25N3O5S/c1-23(2,3)31-22(28)26-19-9-8-17(29-4)11-20(19)25-21(27)15-6-5-7-18(10-15)30-12-16-13-32-14-24-16/h5-11,13-14H,12H2,1-4H3,(H,25,27)(H,26,28). The van der Waals surface area contributed by atoms with Crippen molar-refractivity contribution in [3.05, 3.63) is 64.6 Å². The van der Waals surface area contributed by atoms with E-state index in [9.17, 15) is 9.59 Å². The molecule has 9 heteroatoms. The molecule has 0 aliphatic heterocycles. The number of carbonyl (C=O) groups is 2. The van der Waals surface area contributed by atoms with Crippen LogP contribution in [0.2, 0.25) is 0 Å². The van der Waals surface area contributed by atoms with E-state index in [0.29, 0.717) is 35.0 Å². The van der Waals surface area contributed by atoms with Crippen LogP contribution in [-0.2, 0) is 11.3 Å². The van der Waals surface area contributed by atoms with Crippen LogP contribution < -0.4 is 20.1 Å². The summed E-state index contributed by atoms with van der Waals surface area (Å²) in [5.74, 6) is 0.698. The minimum Gasteiger partial charge on any atom is -0.497 e. The number of anilines is 2. The van der Waals surface area contributed by atoms with E-state index in [1.807, 2.05) is 5.38 Å². The second-order valence-corrected chi connectivity index (χ2v) is 8.51. The lowest BCUT2D eigenvalue weighted by atomic mass is 10.2. The van der Waals surface area contributed by atoms with Crippen LogP contribution in [0.25, 0.3) is 0 Å². The third-order valence-electron chi connectivity index (χ3n) is 4.08. The third-order valence-corrected chi connectivity index (χ3v) is 4.71. The molecule has 2 amide bonds. The van der Waals surface area contributed by atoms with Crippen molar-refractivity contribution in [3.63, 3.8) is 0 Å². The van der Waals surface area contributed by atoms with E-state index >= 15 is 0 Å². The maximum absolute atomic E-state index is 12.9. The monoisotopic (exact) mass is 455 g/mol. The number of nitrogens with zero attached hydrogens (tertiary/aromatic N) is 1. The highest BCUT2D eigenvalue weighted by molar-refractivity contribution is 7.07. The average molecular weight is 456 g/mol. The quantitative estimate of drug-likeness (QED) is 0.500. The Morgan fingerprint density at radius 3 is 2.53 bits per heavy atom. The number of nitrogens with one attached hydrogen (secondary N) is 2. The second kappa shape index (κ2) is 10.1. The van der Waals surface area contributed by atoms with E-state index in [2.05, 4.69) is 15.6 Å². The number of thiazole rings is 1. The van der Waals surface area contributed by atoms with Crippen LogP contribution in [0.5, 0.6) is 11.5 Å². The molecule has 2 N–H and O–H groups in total. The Labute approximate surface area is 190 Å². The number of amides is 2. The van der Waals surface area contributed by atoms with Gasteiger partial charge in [-0.05, 0) is 51.1 Å². The molecule has 1 heterocycles. The molecule has 3 rings (SSSR count). The first-order valence-corrected chi connectivity index (χ1v) is 10.8. The molecule has 8 nitrogen and oxygen atoms in total. The van der Waals surface area contributed by atoms with Gasteiger partial charge >= 0.3 is 6.09 Å². The van der Waals surface area contributed by atoms with Gasteiger partial charge in [-0.25, -0.2) is 9.78 Å². The summed E-state index contributed by atoms with van der Waals surface area (Å²) in [5, 5.41) is 7.37. The highest BCUT2D eigenvalue weighted by atomic mass is 32.1. The number of carbonyl (C=O) groups excluding carboxylic acids is 2. The number of rotatable bonds is 7. The fourth-order valence-electron chi connectivity index (χ4n) is 2.66. The van der Waals surface area contributed by atoms with Gasteiger partial charge in [-0.1, -0.05) is 6.07 Å². The van der Waals surface area contributed by atoms with Crippen molar-refractivity contribution in [1.29, 1.82) is 0 Å². The molecule has 0 unspecified atom stereocenters. The highest BCUT2D eigenvalue weighted by Gasteiger charge is 2.18. The summed E-state index contributed by atoms with van der Waals surface area (Å²) in [5.41, 5.74) is 3.04. The first-order chi connectivity index (χ1) is 15.2. The average Bonchev–Trinajstić information content (AvgIpc) is 3.26. The predicted molar refractivity (Wildman–Crippen MR) is 124 cm³/mol. The summed E-state index contributed by atoms with van der Waals surface area (Å²) in [7, 11) is 1.52. The first kappa shape index (κ1) is 23.1. The first-order valence-electron chi connectivity index (χ1n) is 9.83. The fraction of sp³-hybridized carbons (Fsp3) is 0.261. The zero-order valence-corrected chi connectivity index (χ0v) is 19.1. The Balaban J connectivity index is 1.74. The van der Waals surface area contributed by atoms with Gasteiger partial charge in [0.2, 0.25) is 0 Å². The van der Waals surface area contributed by atoms with Crippen LogP contribution >= 0.6 is 11.3 Å². The molecule has 0 saturated carbocycles.